The highest BCUT2D eigenvalue weighted by Gasteiger charge is 2.55. The Morgan fingerprint density at radius 3 is 2.42 bits per heavy atom. The fourth-order valence-corrected chi connectivity index (χ4v) is 3.37. The molecule has 0 N–H and O–H groups in total. The lowest BCUT2D eigenvalue weighted by Crippen LogP contribution is -2.55. The molecule has 0 heterocycles. The topological polar surface area (TPSA) is 17.1 Å². The molecule has 0 aliphatic heterocycles. The summed E-state index contributed by atoms with van der Waals surface area (Å²) in [6, 6.07) is 0. The number of rotatable bonds is 1. The van der Waals surface area contributed by atoms with Crippen LogP contribution >= 0.6 is 0 Å². The Morgan fingerprint density at radius 2 is 2.00 bits per heavy atom. The summed E-state index contributed by atoms with van der Waals surface area (Å²) >= 11 is 0. The molecule has 12 heavy (non-hydrogen) atoms. The van der Waals surface area contributed by atoms with Crippen LogP contribution in [0.4, 0.5) is 0 Å². The molecule has 2 bridgehead atoms. The lowest BCUT2D eigenvalue weighted by atomic mass is 9.44. The van der Waals surface area contributed by atoms with Crippen molar-refractivity contribution in [2.75, 3.05) is 0 Å². The Hall–Kier alpha value is -0.330. The Bertz CT molecular complexity index is 207. The normalized spacial score (nSPS) is 49.6. The molecule has 0 saturated heterocycles. The zero-order valence-corrected chi connectivity index (χ0v) is 8.21. The minimum absolute atomic E-state index is 0.363. The fraction of sp³-hybridized carbons (Fsp3) is 0.909. The number of hydrogen-bond acceptors (Lipinski definition) is 1. The largest absolute Gasteiger partial charge is 0.303 e. The molecule has 3 fully saturated rings. The molecule has 0 radical (unpaired) electrons. The fourth-order valence-electron chi connectivity index (χ4n) is 3.37. The van der Waals surface area contributed by atoms with Gasteiger partial charge in [-0.1, -0.05) is 20.8 Å². The second-order valence-corrected chi connectivity index (χ2v) is 5.26. The van der Waals surface area contributed by atoms with Crippen LogP contribution in [0, 0.1) is 29.1 Å². The number of carbonyl (C=O) groups is 1. The van der Waals surface area contributed by atoms with E-state index in [-0.39, 0.29) is 0 Å². The van der Waals surface area contributed by atoms with E-state index in [1.807, 2.05) is 0 Å². The third kappa shape index (κ3) is 0.826. The maximum absolute atomic E-state index is 10.7. The van der Waals surface area contributed by atoms with Crippen LogP contribution < -0.4 is 0 Å². The van der Waals surface area contributed by atoms with Gasteiger partial charge in [-0.25, -0.2) is 0 Å². The van der Waals surface area contributed by atoms with Crippen molar-refractivity contribution in [1.29, 1.82) is 0 Å². The van der Waals surface area contributed by atoms with Gasteiger partial charge in [-0.05, 0) is 36.0 Å². The van der Waals surface area contributed by atoms with Gasteiger partial charge in [-0.2, -0.15) is 0 Å². The van der Waals surface area contributed by atoms with Gasteiger partial charge in [0.1, 0.15) is 6.29 Å². The van der Waals surface area contributed by atoms with E-state index in [0.717, 1.165) is 18.3 Å². The Balaban J connectivity index is 2.16. The second kappa shape index (κ2) is 2.34. The van der Waals surface area contributed by atoms with Crippen LogP contribution in [-0.2, 0) is 4.79 Å². The zero-order chi connectivity index (χ0) is 8.93. The summed E-state index contributed by atoms with van der Waals surface area (Å²) in [5.74, 6) is 2.63. The van der Waals surface area contributed by atoms with Crippen molar-refractivity contribution in [1.82, 2.24) is 0 Å². The van der Waals surface area contributed by atoms with Crippen molar-refractivity contribution in [2.24, 2.45) is 29.1 Å². The molecule has 1 heteroatoms. The summed E-state index contributed by atoms with van der Waals surface area (Å²) in [4.78, 5) is 10.7. The molecule has 4 atom stereocenters. The molecule has 3 rings (SSSR count). The van der Waals surface area contributed by atoms with Crippen LogP contribution in [0.3, 0.4) is 0 Å². The van der Waals surface area contributed by atoms with Crippen molar-refractivity contribution >= 4 is 6.29 Å². The smallest absolute Gasteiger partial charge is 0.123 e. The van der Waals surface area contributed by atoms with Gasteiger partial charge in [0.15, 0.2) is 0 Å². The molecular formula is C11H18O. The molecule has 0 spiro atoms. The van der Waals surface area contributed by atoms with E-state index >= 15 is 0 Å². The minimum Gasteiger partial charge on any atom is -0.303 e. The Morgan fingerprint density at radius 1 is 1.33 bits per heavy atom. The van der Waals surface area contributed by atoms with E-state index in [1.165, 1.54) is 12.7 Å². The van der Waals surface area contributed by atoms with Crippen LogP contribution in [-0.4, -0.2) is 6.29 Å². The summed E-state index contributed by atoms with van der Waals surface area (Å²) < 4.78 is 0. The molecule has 0 aromatic rings. The van der Waals surface area contributed by atoms with Crippen LogP contribution in [0.5, 0.6) is 0 Å². The van der Waals surface area contributed by atoms with Crippen LogP contribution in [0.25, 0.3) is 0 Å². The van der Waals surface area contributed by atoms with Crippen molar-refractivity contribution in [2.45, 2.75) is 33.6 Å². The highest BCUT2D eigenvalue weighted by atomic mass is 16.1. The Kier molecular flexibility index (Phi) is 1.61. The number of carbonyl (C=O) groups excluding carboxylic acids is 1. The quantitative estimate of drug-likeness (QED) is 0.547. The highest BCUT2D eigenvalue weighted by Crippen LogP contribution is 2.62. The molecule has 0 aromatic carbocycles. The summed E-state index contributed by atoms with van der Waals surface area (Å²) in [6.07, 6.45) is 3.70. The first kappa shape index (κ1) is 8.28. The van der Waals surface area contributed by atoms with E-state index in [1.54, 1.807) is 0 Å². The average molecular weight is 166 g/mol. The van der Waals surface area contributed by atoms with Crippen LogP contribution in [0.15, 0.2) is 0 Å². The van der Waals surface area contributed by atoms with Gasteiger partial charge in [-0.15, -0.1) is 0 Å². The maximum atomic E-state index is 10.7. The monoisotopic (exact) mass is 166 g/mol. The van der Waals surface area contributed by atoms with Gasteiger partial charge in [0.05, 0.1) is 0 Å². The predicted octanol–water partition coefficient (Wildman–Crippen LogP) is 2.50. The van der Waals surface area contributed by atoms with Crippen molar-refractivity contribution < 1.29 is 4.79 Å². The standard InChI is InChI=1S/C11H18O/c1-7-8(6-12)4-9-5-10(7)11(9,2)3/h6-10H,4-5H2,1-3H3/t7-,8-,9+,10-/m1/s1. The first-order chi connectivity index (χ1) is 5.57. The van der Waals surface area contributed by atoms with Gasteiger partial charge < -0.3 is 4.79 Å². The van der Waals surface area contributed by atoms with E-state index in [0.29, 0.717) is 17.3 Å². The Labute approximate surface area is 74.5 Å². The molecule has 0 unspecified atom stereocenters. The molecule has 3 aliphatic rings. The minimum atomic E-state index is 0.363. The molecule has 3 saturated carbocycles. The first-order valence-electron chi connectivity index (χ1n) is 5.02. The lowest BCUT2D eigenvalue weighted by Gasteiger charge is -2.61. The molecule has 0 amide bonds. The lowest BCUT2D eigenvalue weighted by molar-refractivity contribution is -0.142. The van der Waals surface area contributed by atoms with Crippen LogP contribution in [0.2, 0.25) is 0 Å². The van der Waals surface area contributed by atoms with Gasteiger partial charge >= 0.3 is 0 Å². The van der Waals surface area contributed by atoms with Gasteiger partial charge in [-0.3, -0.25) is 0 Å². The van der Waals surface area contributed by atoms with E-state index in [4.69, 9.17) is 0 Å². The summed E-state index contributed by atoms with van der Waals surface area (Å²) in [5, 5.41) is 0. The van der Waals surface area contributed by atoms with Gasteiger partial charge in [0.25, 0.3) is 0 Å². The van der Waals surface area contributed by atoms with E-state index in [9.17, 15) is 4.79 Å². The third-order valence-electron chi connectivity index (χ3n) is 4.59. The summed E-state index contributed by atoms with van der Waals surface area (Å²) in [6.45, 7) is 6.98. The van der Waals surface area contributed by atoms with E-state index in [2.05, 4.69) is 20.8 Å². The summed E-state index contributed by atoms with van der Waals surface area (Å²) in [5.41, 5.74) is 0.527. The van der Waals surface area contributed by atoms with Crippen LogP contribution in [0.1, 0.15) is 33.6 Å². The van der Waals surface area contributed by atoms with Crippen molar-refractivity contribution in [3.63, 3.8) is 0 Å². The molecule has 68 valence electrons. The number of fused-ring (bicyclic) bond motifs is 2. The number of hydrogen-bond donors (Lipinski definition) is 0. The van der Waals surface area contributed by atoms with Gasteiger partial charge in [0, 0.05) is 5.92 Å². The maximum Gasteiger partial charge on any atom is 0.123 e. The molecular weight excluding hydrogens is 148 g/mol. The highest BCUT2D eigenvalue weighted by molar-refractivity contribution is 5.55. The van der Waals surface area contributed by atoms with Crippen molar-refractivity contribution in [3.05, 3.63) is 0 Å². The predicted molar refractivity (Wildman–Crippen MR) is 48.7 cm³/mol. The summed E-state index contributed by atoms with van der Waals surface area (Å²) in [7, 11) is 0. The molecule has 0 aromatic heterocycles. The zero-order valence-electron chi connectivity index (χ0n) is 8.21. The SMILES string of the molecule is C[C@H]1[C@H]2C[C@H](C[C@@H]1C=O)C2(C)C. The average Bonchev–Trinajstić information content (AvgIpc) is 2.03. The van der Waals surface area contributed by atoms with Gasteiger partial charge in [0.2, 0.25) is 0 Å². The van der Waals surface area contributed by atoms with E-state index < -0.39 is 0 Å². The molecule has 1 nitrogen and oxygen atoms in total. The van der Waals surface area contributed by atoms with Crippen molar-refractivity contribution in [3.8, 4) is 0 Å². The number of aldehydes is 1. The molecule has 3 aliphatic carbocycles. The first-order valence-corrected chi connectivity index (χ1v) is 5.02. The third-order valence-corrected chi connectivity index (χ3v) is 4.59. The second-order valence-electron chi connectivity index (χ2n) is 5.26.